The fourth-order valence-corrected chi connectivity index (χ4v) is 4.64. The van der Waals surface area contributed by atoms with Crippen LogP contribution in [0.1, 0.15) is 19.8 Å². The molecule has 2 amide bonds. The molecule has 0 aromatic rings. The average Bonchev–Trinajstić information content (AvgIpc) is 2.95. The second-order valence-electron chi connectivity index (χ2n) is 5.75. The van der Waals surface area contributed by atoms with Crippen LogP contribution in [0.2, 0.25) is 0 Å². The lowest BCUT2D eigenvalue weighted by atomic mass is 10.1. The van der Waals surface area contributed by atoms with E-state index in [0.717, 1.165) is 6.42 Å². The lowest BCUT2D eigenvalue weighted by molar-refractivity contribution is -0.161. The summed E-state index contributed by atoms with van der Waals surface area (Å²) in [5.41, 5.74) is 0. The summed E-state index contributed by atoms with van der Waals surface area (Å²) in [5, 5.41) is 9.00. The molecule has 1 N–H and O–H groups in total. The van der Waals surface area contributed by atoms with E-state index in [1.165, 1.54) is 4.90 Å². The molecule has 3 aliphatic rings. The van der Waals surface area contributed by atoms with Crippen molar-refractivity contribution in [2.45, 2.75) is 36.8 Å². The van der Waals surface area contributed by atoms with E-state index < -0.39 is 18.1 Å². The molecule has 3 fully saturated rings. The number of aliphatic carboxylic acids is 1. The van der Waals surface area contributed by atoms with Crippen molar-refractivity contribution in [3.05, 3.63) is 0 Å². The summed E-state index contributed by atoms with van der Waals surface area (Å²) in [5.74, 6) is -0.619. The summed E-state index contributed by atoms with van der Waals surface area (Å²) in [6.45, 7) is 2.64. The predicted octanol–water partition coefficient (Wildman–Crippen LogP) is -0.248. The number of carbonyl (C=O) groups is 3. The zero-order chi connectivity index (χ0) is 15.2. The van der Waals surface area contributed by atoms with E-state index >= 15 is 0 Å². The maximum absolute atomic E-state index is 12.7. The molecule has 21 heavy (non-hydrogen) atoms. The number of carboxylic acids is 1. The Morgan fingerprint density at radius 3 is 2.95 bits per heavy atom. The smallest absolute Gasteiger partial charge is 0.334 e. The highest BCUT2D eigenvalue weighted by Crippen LogP contribution is 2.47. The van der Waals surface area contributed by atoms with Gasteiger partial charge in [-0.2, -0.15) is 0 Å². The van der Waals surface area contributed by atoms with Gasteiger partial charge in [0.25, 0.3) is 0 Å². The van der Waals surface area contributed by atoms with Crippen molar-refractivity contribution in [3.8, 4) is 0 Å². The van der Waals surface area contributed by atoms with Crippen LogP contribution in [0.25, 0.3) is 0 Å². The van der Waals surface area contributed by atoms with Gasteiger partial charge >= 0.3 is 5.97 Å². The fraction of sp³-hybridized carbons (Fsp3) is 0.769. The molecule has 0 aromatic carbocycles. The second-order valence-corrected chi connectivity index (χ2v) is 7.25. The Balaban J connectivity index is 1.73. The maximum atomic E-state index is 12.7. The molecule has 3 saturated heterocycles. The molecule has 3 aliphatic heterocycles. The molecule has 0 aromatic heterocycles. The number of hydrogen-bond acceptors (Lipinski definition) is 5. The van der Waals surface area contributed by atoms with Crippen LogP contribution in [0.15, 0.2) is 0 Å². The Kier molecular flexibility index (Phi) is 3.61. The van der Waals surface area contributed by atoms with E-state index in [4.69, 9.17) is 9.84 Å². The molecule has 0 bridgehead atoms. The van der Waals surface area contributed by atoms with E-state index in [0.29, 0.717) is 18.7 Å². The normalized spacial score (nSPS) is 36.0. The Morgan fingerprint density at radius 1 is 1.48 bits per heavy atom. The Morgan fingerprint density at radius 2 is 2.24 bits per heavy atom. The average molecular weight is 314 g/mol. The van der Waals surface area contributed by atoms with E-state index in [9.17, 15) is 14.4 Å². The first-order chi connectivity index (χ1) is 9.92. The molecule has 0 saturated carbocycles. The maximum Gasteiger partial charge on any atom is 0.334 e. The number of hydrogen-bond donors (Lipinski definition) is 1. The lowest BCUT2D eigenvalue weighted by Gasteiger charge is -2.36. The molecule has 3 heterocycles. The van der Waals surface area contributed by atoms with Gasteiger partial charge in [-0.25, -0.2) is 4.79 Å². The first kappa shape index (κ1) is 14.6. The van der Waals surface area contributed by atoms with Crippen LogP contribution in [0.5, 0.6) is 0 Å². The third-order valence-electron chi connectivity index (χ3n) is 4.38. The molecule has 7 nitrogen and oxygen atoms in total. The van der Waals surface area contributed by atoms with E-state index in [2.05, 4.69) is 0 Å². The summed E-state index contributed by atoms with van der Waals surface area (Å²) in [6.07, 6.45) is 0.271. The first-order valence-corrected chi connectivity index (χ1v) is 8.00. The zero-order valence-corrected chi connectivity index (χ0v) is 12.6. The van der Waals surface area contributed by atoms with Crippen molar-refractivity contribution in [2.24, 2.45) is 0 Å². The zero-order valence-electron chi connectivity index (χ0n) is 11.8. The predicted molar refractivity (Wildman–Crippen MR) is 74.7 cm³/mol. The topological polar surface area (TPSA) is 87.2 Å². The number of amides is 2. The van der Waals surface area contributed by atoms with Crippen molar-refractivity contribution in [3.63, 3.8) is 0 Å². The highest BCUT2D eigenvalue weighted by Gasteiger charge is 2.53. The number of carboxylic acid groups (broad SMARTS) is 1. The van der Waals surface area contributed by atoms with Gasteiger partial charge in [-0.05, 0) is 13.3 Å². The number of fused-ring (bicyclic) bond motifs is 1. The summed E-state index contributed by atoms with van der Waals surface area (Å²) in [6, 6.07) is -0.470. The highest BCUT2D eigenvalue weighted by atomic mass is 32.2. The molecule has 3 unspecified atom stereocenters. The Labute approximate surface area is 126 Å². The van der Waals surface area contributed by atoms with Gasteiger partial charge in [0.15, 0.2) is 6.10 Å². The fourth-order valence-electron chi connectivity index (χ4n) is 3.21. The van der Waals surface area contributed by atoms with Crippen LogP contribution in [-0.4, -0.2) is 75.2 Å². The van der Waals surface area contributed by atoms with Crippen molar-refractivity contribution in [1.29, 1.82) is 0 Å². The third-order valence-corrected chi connectivity index (χ3v) is 5.89. The summed E-state index contributed by atoms with van der Waals surface area (Å²) < 4.78 is 5.13. The van der Waals surface area contributed by atoms with Crippen molar-refractivity contribution >= 4 is 29.5 Å². The van der Waals surface area contributed by atoms with Crippen molar-refractivity contribution in [2.75, 3.05) is 25.4 Å². The number of rotatable bonds is 2. The minimum absolute atomic E-state index is 0.0175. The SMILES string of the molecule is CC12CCC(=O)N1C(C(=O)N1CCOC(C(=O)O)C1)CS2. The molecular weight excluding hydrogens is 296 g/mol. The van der Waals surface area contributed by atoms with Gasteiger partial charge in [0.1, 0.15) is 6.04 Å². The molecule has 116 valence electrons. The van der Waals surface area contributed by atoms with Crippen LogP contribution < -0.4 is 0 Å². The largest absolute Gasteiger partial charge is 0.479 e. The van der Waals surface area contributed by atoms with Crippen molar-refractivity contribution < 1.29 is 24.2 Å². The molecule has 0 spiro atoms. The molecular formula is C13H18N2O5S. The van der Waals surface area contributed by atoms with Gasteiger partial charge < -0.3 is 19.6 Å². The number of morpholine rings is 1. The van der Waals surface area contributed by atoms with Gasteiger partial charge in [-0.15, -0.1) is 11.8 Å². The molecule has 0 aliphatic carbocycles. The van der Waals surface area contributed by atoms with E-state index in [1.807, 2.05) is 6.92 Å². The first-order valence-electron chi connectivity index (χ1n) is 7.02. The van der Waals surface area contributed by atoms with E-state index in [1.54, 1.807) is 16.7 Å². The minimum atomic E-state index is -1.06. The Bertz CT molecular complexity index is 499. The molecule has 0 radical (unpaired) electrons. The Hall–Kier alpha value is -1.28. The number of thioether (sulfide) groups is 1. The number of ether oxygens (including phenoxy) is 1. The van der Waals surface area contributed by atoms with Gasteiger partial charge in [-0.1, -0.05) is 0 Å². The number of nitrogens with zero attached hydrogens (tertiary/aromatic N) is 2. The summed E-state index contributed by atoms with van der Waals surface area (Å²) in [4.78, 5) is 38.7. The minimum Gasteiger partial charge on any atom is -0.479 e. The van der Waals surface area contributed by atoms with Gasteiger partial charge in [0.2, 0.25) is 11.8 Å². The van der Waals surface area contributed by atoms with Crippen molar-refractivity contribution in [1.82, 2.24) is 9.80 Å². The quantitative estimate of drug-likeness (QED) is 0.756. The van der Waals surface area contributed by atoms with Crippen LogP contribution in [0.3, 0.4) is 0 Å². The van der Waals surface area contributed by atoms with Crippen LogP contribution in [0, 0.1) is 0 Å². The van der Waals surface area contributed by atoms with E-state index in [-0.39, 0.29) is 29.8 Å². The van der Waals surface area contributed by atoms with Crippen LogP contribution >= 0.6 is 11.8 Å². The molecule has 3 rings (SSSR count). The van der Waals surface area contributed by atoms with Gasteiger partial charge in [0.05, 0.1) is 18.0 Å². The van der Waals surface area contributed by atoms with Crippen LogP contribution in [-0.2, 0) is 19.1 Å². The summed E-state index contributed by atoms with van der Waals surface area (Å²) in [7, 11) is 0. The highest BCUT2D eigenvalue weighted by molar-refractivity contribution is 8.01. The third kappa shape index (κ3) is 2.40. The second kappa shape index (κ2) is 5.17. The summed E-state index contributed by atoms with van der Waals surface area (Å²) >= 11 is 1.64. The van der Waals surface area contributed by atoms with Crippen LogP contribution in [0.4, 0.5) is 0 Å². The number of carbonyl (C=O) groups excluding carboxylic acids is 2. The van der Waals surface area contributed by atoms with Gasteiger partial charge in [-0.3, -0.25) is 9.59 Å². The molecule has 8 heteroatoms. The lowest BCUT2D eigenvalue weighted by Crippen LogP contribution is -2.56. The monoisotopic (exact) mass is 314 g/mol. The standard InChI is InChI=1S/C13H18N2O5S/c1-13-3-2-10(16)15(13)8(7-21-13)11(17)14-4-5-20-9(6-14)12(18)19/h8-9H,2-7H2,1H3,(H,18,19). The molecule has 3 atom stereocenters. The van der Waals surface area contributed by atoms with Gasteiger partial charge in [0, 0.05) is 18.7 Å².